The van der Waals surface area contributed by atoms with Gasteiger partial charge in [-0.1, -0.05) is 12.5 Å². The lowest BCUT2D eigenvalue weighted by atomic mass is 10.0. The molecule has 0 spiro atoms. The summed E-state index contributed by atoms with van der Waals surface area (Å²) in [6.07, 6.45) is 4.37. The van der Waals surface area contributed by atoms with Crippen molar-refractivity contribution in [1.82, 2.24) is 5.32 Å². The van der Waals surface area contributed by atoms with Crippen LogP contribution in [0.2, 0.25) is 0 Å². The Morgan fingerprint density at radius 3 is 2.57 bits per heavy atom. The number of nitrogens with one attached hydrogen (secondary N) is 2. The quantitative estimate of drug-likeness (QED) is 0.720. The zero-order valence-corrected chi connectivity index (χ0v) is 12.0. The van der Waals surface area contributed by atoms with E-state index in [0.29, 0.717) is 17.8 Å². The fraction of sp³-hybridized carbons (Fsp3) is 0.375. The number of carbonyl (C=O) groups excluding carboxylic acids is 2. The minimum Gasteiger partial charge on any atom is -0.349 e. The van der Waals surface area contributed by atoms with Crippen LogP contribution in [0, 0.1) is 5.92 Å². The molecule has 1 aromatic carbocycles. The summed E-state index contributed by atoms with van der Waals surface area (Å²) in [5.74, 6) is -0.310. The fourth-order valence-electron chi connectivity index (χ4n) is 2.52. The summed E-state index contributed by atoms with van der Waals surface area (Å²) in [4.78, 5) is 23.8. The van der Waals surface area contributed by atoms with Crippen molar-refractivity contribution in [2.24, 2.45) is 11.7 Å². The molecule has 0 radical (unpaired) electrons. The summed E-state index contributed by atoms with van der Waals surface area (Å²) in [6.45, 7) is 3.97. The molecule has 1 fully saturated rings. The van der Waals surface area contributed by atoms with Crippen LogP contribution in [0.15, 0.2) is 36.9 Å². The predicted molar refractivity (Wildman–Crippen MR) is 82.9 cm³/mol. The molecular weight excluding hydrogens is 266 g/mol. The molecule has 5 heteroatoms. The Morgan fingerprint density at radius 2 is 2.00 bits per heavy atom. The standard InChI is InChI=1S/C16H21N3O2/c1-2-10-18-15(20)11-6-8-12(9-7-11)19-16(21)13-4-3-5-14(13)17/h2,6-9,13-14H,1,3-5,10,17H2,(H,18,20)(H,19,21). The van der Waals surface area contributed by atoms with E-state index < -0.39 is 0 Å². The topological polar surface area (TPSA) is 84.2 Å². The Kier molecular flexibility index (Phi) is 5.11. The van der Waals surface area contributed by atoms with Crippen LogP contribution in [-0.2, 0) is 4.79 Å². The van der Waals surface area contributed by atoms with E-state index in [1.165, 1.54) is 0 Å². The van der Waals surface area contributed by atoms with E-state index in [9.17, 15) is 9.59 Å². The number of benzene rings is 1. The lowest BCUT2D eigenvalue weighted by molar-refractivity contribution is -0.120. The van der Waals surface area contributed by atoms with Gasteiger partial charge in [-0.3, -0.25) is 9.59 Å². The molecule has 112 valence electrons. The van der Waals surface area contributed by atoms with Gasteiger partial charge in [0.25, 0.3) is 5.91 Å². The van der Waals surface area contributed by atoms with Crippen LogP contribution < -0.4 is 16.4 Å². The molecule has 2 atom stereocenters. The van der Waals surface area contributed by atoms with E-state index in [2.05, 4.69) is 17.2 Å². The van der Waals surface area contributed by atoms with Crippen LogP contribution in [-0.4, -0.2) is 24.4 Å². The number of hydrogen-bond acceptors (Lipinski definition) is 3. The third-order valence-corrected chi connectivity index (χ3v) is 3.73. The van der Waals surface area contributed by atoms with E-state index in [0.717, 1.165) is 19.3 Å². The minimum absolute atomic E-state index is 0.0381. The van der Waals surface area contributed by atoms with Crippen molar-refractivity contribution in [2.75, 3.05) is 11.9 Å². The Hall–Kier alpha value is -2.14. The molecule has 21 heavy (non-hydrogen) atoms. The summed E-state index contributed by atoms with van der Waals surface area (Å²) in [6, 6.07) is 6.77. The molecule has 2 amide bonds. The maximum Gasteiger partial charge on any atom is 0.251 e. The first-order valence-corrected chi connectivity index (χ1v) is 7.17. The molecule has 2 unspecified atom stereocenters. The van der Waals surface area contributed by atoms with Gasteiger partial charge < -0.3 is 16.4 Å². The molecule has 1 aromatic rings. The Balaban J connectivity index is 1.94. The molecule has 1 aliphatic rings. The van der Waals surface area contributed by atoms with Crippen LogP contribution in [0.4, 0.5) is 5.69 Å². The summed E-state index contributed by atoms with van der Waals surface area (Å²) >= 11 is 0. The molecule has 4 N–H and O–H groups in total. The minimum atomic E-state index is -0.161. The Bertz CT molecular complexity index is 525. The van der Waals surface area contributed by atoms with Crippen molar-refractivity contribution in [2.45, 2.75) is 25.3 Å². The van der Waals surface area contributed by atoms with Gasteiger partial charge in [-0.15, -0.1) is 6.58 Å². The molecular formula is C16H21N3O2. The molecule has 2 rings (SSSR count). The molecule has 1 aliphatic carbocycles. The van der Waals surface area contributed by atoms with Crippen molar-refractivity contribution in [3.63, 3.8) is 0 Å². The first-order valence-electron chi connectivity index (χ1n) is 7.17. The van der Waals surface area contributed by atoms with Crippen LogP contribution in [0.25, 0.3) is 0 Å². The van der Waals surface area contributed by atoms with Crippen LogP contribution in [0.1, 0.15) is 29.6 Å². The molecule has 0 aromatic heterocycles. The molecule has 0 bridgehead atoms. The van der Waals surface area contributed by atoms with Gasteiger partial charge in [-0.2, -0.15) is 0 Å². The summed E-state index contributed by atoms with van der Waals surface area (Å²) in [5.41, 5.74) is 7.15. The van der Waals surface area contributed by atoms with E-state index in [4.69, 9.17) is 5.73 Å². The first kappa shape index (κ1) is 15.3. The Morgan fingerprint density at radius 1 is 1.29 bits per heavy atom. The average molecular weight is 287 g/mol. The molecule has 0 saturated heterocycles. The first-order chi connectivity index (χ1) is 10.1. The predicted octanol–water partition coefficient (Wildman–Crippen LogP) is 1.67. The van der Waals surface area contributed by atoms with Gasteiger partial charge in [-0.25, -0.2) is 0 Å². The lowest BCUT2D eigenvalue weighted by Crippen LogP contribution is -2.34. The summed E-state index contributed by atoms with van der Waals surface area (Å²) in [5, 5.41) is 5.56. The van der Waals surface area contributed by atoms with Gasteiger partial charge in [0.2, 0.25) is 5.91 Å². The molecule has 1 saturated carbocycles. The second-order valence-electron chi connectivity index (χ2n) is 5.27. The second kappa shape index (κ2) is 7.04. The van der Waals surface area contributed by atoms with E-state index in [1.54, 1.807) is 30.3 Å². The maximum absolute atomic E-state index is 12.1. The number of nitrogens with two attached hydrogens (primary N) is 1. The van der Waals surface area contributed by atoms with Crippen LogP contribution in [0.5, 0.6) is 0 Å². The highest BCUT2D eigenvalue weighted by atomic mass is 16.2. The van der Waals surface area contributed by atoms with Crippen molar-refractivity contribution in [1.29, 1.82) is 0 Å². The van der Waals surface area contributed by atoms with Crippen molar-refractivity contribution >= 4 is 17.5 Å². The molecule has 0 heterocycles. The number of hydrogen-bond donors (Lipinski definition) is 3. The van der Waals surface area contributed by atoms with Crippen molar-refractivity contribution in [3.8, 4) is 0 Å². The fourth-order valence-corrected chi connectivity index (χ4v) is 2.52. The van der Waals surface area contributed by atoms with Gasteiger partial charge in [0.15, 0.2) is 0 Å². The van der Waals surface area contributed by atoms with Crippen molar-refractivity contribution in [3.05, 3.63) is 42.5 Å². The third kappa shape index (κ3) is 3.92. The van der Waals surface area contributed by atoms with Gasteiger partial charge >= 0.3 is 0 Å². The van der Waals surface area contributed by atoms with Gasteiger partial charge in [-0.05, 0) is 37.1 Å². The van der Waals surface area contributed by atoms with Crippen molar-refractivity contribution < 1.29 is 9.59 Å². The van der Waals surface area contributed by atoms with E-state index in [-0.39, 0.29) is 23.8 Å². The zero-order valence-electron chi connectivity index (χ0n) is 12.0. The highest BCUT2D eigenvalue weighted by Crippen LogP contribution is 2.25. The number of anilines is 1. The monoisotopic (exact) mass is 287 g/mol. The largest absolute Gasteiger partial charge is 0.349 e. The number of rotatable bonds is 5. The normalized spacial score (nSPS) is 20.8. The third-order valence-electron chi connectivity index (χ3n) is 3.73. The van der Waals surface area contributed by atoms with Crippen LogP contribution in [0.3, 0.4) is 0 Å². The van der Waals surface area contributed by atoms with Gasteiger partial charge in [0.1, 0.15) is 0 Å². The number of carbonyl (C=O) groups is 2. The molecule has 0 aliphatic heterocycles. The van der Waals surface area contributed by atoms with E-state index in [1.807, 2.05) is 0 Å². The number of amides is 2. The van der Waals surface area contributed by atoms with Gasteiger partial charge in [0, 0.05) is 23.8 Å². The van der Waals surface area contributed by atoms with E-state index >= 15 is 0 Å². The van der Waals surface area contributed by atoms with Gasteiger partial charge in [0.05, 0.1) is 5.92 Å². The van der Waals surface area contributed by atoms with Crippen LogP contribution >= 0.6 is 0 Å². The second-order valence-corrected chi connectivity index (χ2v) is 5.27. The SMILES string of the molecule is C=CCNC(=O)c1ccc(NC(=O)C2CCCC2N)cc1. The average Bonchev–Trinajstić information content (AvgIpc) is 2.91. The Labute approximate surface area is 124 Å². The highest BCUT2D eigenvalue weighted by Gasteiger charge is 2.30. The highest BCUT2D eigenvalue weighted by molar-refractivity contribution is 5.96. The smallest absolute Gasteiger partial charge is 0.251 e. The molecule has 5 nitrogen and oxygen atoms in total. The maximum atomic E-state index is 12.1. The summed E-state index contributed by atoms with van der Waals surface area (Å²) < 4.78 is 0. The zero-order chi connectivity index (χ0) is 15.2. The summed E-state index contributed by atoms with van der Waals surface area (Å²) in [7, 11) is 0. The lowest BCUT2D eigenvalue weighted by Gasteiger charge is -2.15.